The summed E-state index contributed by atoms with van der Waals surface area (Å²) in [4.78, 5) is 11.6. The number of benzene rings is 2. The first kappa shape index (κ1) is 15.5. The first-order valence-corrected chi connectivity index (χ1v) is 7.38. The zero-order chi connectivity index (χ0) is 15.1. The Morgan fingerprint density at radius 1 is 1.19 bits per heavy atom. The van der Waals surface area contributed by atoms with Gasteiger partial charge in [-0.2, -0.15) is 5.10 Å². The van der Waals surface area contributed by atoms with Gasteiger partial charge in [-0.15, -0.1) is 0 Å². The lowest BCUT2D eigenvalue weighted by Crippen LogP contribution is -2.25. The van der Waals surface area contributed by atoms with Crippen LogP contribution in [0.15, 0.2) is 58.1 Å². The molecule has 2 aromatic rings. The monoisotopic (exact) mass is 365 g/mol. The minimum atomic E-state index is -0.247. The quantitative estimate of drug-likeness (QED) is 0.627. The van der Waals surface area contributed by atoms with Gasteiger partial charge in [-0.05, 0) is 29.8 Å². The van der Waals surface area contributed by atoms with E-state index in [1.807, 2.05) is 36.4 Å². The molecule has 0 aliphatic rings. The summed E-state index contributed by atoms with van der Waals surface area (Å²) in [6.07, 6.45) is 1.58. The molecular weight excluding hydrogens is 354 g/mol. The molecule has 0 aliphatic heterocycles. The Hall–Kier alpha value is -1.85. The summed E-state index contributed by atoms with van der Waals surface area (Å²) in [5.74, 6) is -0.247. The van der Waals surface area contributed by atoms with E-state index in [4.69, 9.17) is 11.6 Å². The van der Waals surface area contributed by atoms with Crippen LogP contribution in [0, 0.1) is 0 Å². The standard InChI is InChI=1S/C15H13BrClN3O/c16-12-7-5-11(6-8-12)9-19-20-15(21)10-18-14-4-2-1-3-13(14)17/h1-9,18H,10H2,(H,20,21)/b19-9-. The molecule has 2 N–H and O–H groups in total. The molecule has 0 aliphatic carbocycles. The largest absolute Gasteiger partial charge is 0.375 e. The fourth-order valence-corrected chi connectivity index (χ4v) is 2.01. The summed E-state index contributed by atoms with van der Waals surface area (Å²) in [6, 6.07) is 14.8. The van der Waals surface area contributed by atoms with Crippen LogP contribution in [0.25, 0.3) is 0 Å². The highest BCUT2D eigenvalue weighted by molar-refractivity contribution is 9.10. The zero-order valence-corrected chi connectivity index (χ0v) is 13.4. The van der Waals surface area contributed by atoms with Crippen LogP contribution < -0.4 is 10.7 Å². The van der Waals surface area contributed by atoms with Crippen molar-refractivity contribution in [3.05, 3.63) is 63.6 Å². The molecule has 0 heterocycles. The van der Waals surface area contributed by atoms with E-state index >= 15 is 0 Å². The van der Waals surface area contributed by atoms with Crippen LogP contribution in [-0.4, -0.2) is 18.7 Å². The first-order valence-electron chi connectivity index (χ1n) is 6.21. The number of halogens is 2. The number of amides is 1. The lowest BCUT2D eigenvalue weighted by Gasteiger charge is -2.06. The number of rotatable bonds is 5. The predicted molar refractivity (Wildman–Crippen MR) is 89.8 cm³/mol. The summed E-state index contributed by atoms with van der Waals surface area (Å²) in [6.45, 7) is 0.0986. The van der Waals surface area contributed by atoms with E-state index in [0.29, 0.717) is 10.7 Å². The zero-order valence-electron chi connectivity index (χ0n) is 11.0. The minimum absolute atomic E-state index is 0.0986. The van der Waals surface area contributed by atoms with Crippen molar-refractivity contribution in [1.29, 1.82) is 0 Å². The third kappa shape index (κ3) is 5.21. The van der Waals surface area contributed by atoms with Gasteiger partial charge in [-0.3, -0.25) is 4.79 Å². The van der Waals surface area contributed by atoms with Crippen LogP contribution in [-0.2, 0) is 4.79 Å². The van der Waals surface area contributed by atoms with Crippen LogP contribution in [0.4, 0.5) is 5.69 Å². The number of anilines is 1. The number of carbonyl (C=O) groups is 1. The lowest BCUT2D eigenvalue weighted by molar-refractivity contribution is -0.119. The van der Waals surface area contributed by atoms with Gasteiger partial charge >= 0.3 is 0 Å². The molecule has 0 fully saturated rings. The van der Waals surface area contributed by atoms with Gasteiger partial charge in [0.2, 0.25) is 0 Å². The summed E-state index contributed by atoms with van der Waals surface area (Å²) in [5, 5.41) is 7.41. The number of para-hydroxylation sites is 1. The van der Waals surface area contributed by atoms with Crippen LogP contribution in [0.2, 0.25) is 5.02 Å². The molecule has 2 aromatic carbocycles. The molecule has 108 valence electrons. The molecule has 0 spiro atoms. The average Bonchev–Trinajstić information content (AvgIpc) is 2.48. The average molecular weight is 367 g/mol. The Morgan fingerprint density at radius 2 is 1.90 bits per heavy atom. The maximum Gasteiger partial charge on any atom is 0.259 e. The highest BCUT2D eigenvalue weighted by atomic mass is 79.9. The molecular formula is C15H13BrClN3O. The third-order valence-corrected chi connectivity index (χ3v) is 3.44. The fraction of sp³-hybridized carbons (Fsp3) is 0.0667. The van der Waals surface area contributed by atoms with Gasteiger partial charge < -0.3 is 5.32 Å². The Morgan fingerprint density at radius 3 is 2.62 bits per heavy atom. The van der Waals surface area contributed by atoms with Gasteiger partial charge in [-0.25, -0.2) is 5.43 Å². The Balaban J connectivity index is 1.80. The second-order valence-corrected chi connectivity index (χ2v) is 5.50. The maximum atomic E-state index is 11.6. The van der Waals surface area contributed by atoms with E-state index in [-0.39, 0.29) is 12.5 Å². The lowest BCUT2D eigenvalue weighted by atomic mass is 10.2. The Labute approximate surface area is 136 Å². The van der Waals surface area contributed by atoms with Gasteiger partial charge in [0.05, 0.1) is 23.5 Å². The van der Waals surface area contributed by atoms with E-state index in [0.717, 1.165) is 10.0 Å². The molecule has 0 unspecified atom stereocenters. The van der Waals surface area contributed by atoms with Gasteiger partial charge in [0.25, 0.3) is 5.91 Å². The van der Waals surface area contributed by atoms with Gasteiger partial charge in [0, 0.05) is 4.47 Å². The second kappa shape index (κ2) is 7.81. The van der Waals surface area contributed by atoms with E-state index in [2.05, 4.69) is 31.8 Å². The van der Waals surface area contributed by atoms with E-state index in [1.54, 1.807) is 18.3 Å². The summed E-state index contributed by atoms with van der Waals surface area (Å²) >= 11 is 9.33. The summed E-state index contributed by atoms with van der Waals surface area (Å²) < 4.78 is 0.993. The molecule has 21 heavy (non-hydrogen) atoms. The Kier molecular flexibility index (Phi) is 5.78. The van der Waals surface area contributed by atoms with Crippen molar-refractivity contribution in [3.8, 4) is 0 Å². The molecule has 0 bridgehead atoms. The Bertz CT molecular complexity index is 644. The van der Waals surface area contributed by atoms with Crippen molar-refractivity contribution in [1.82, 2.24) is 5.43 Å². The predicted octanol–water partition coefficient (Wildman–Crippen LogP) is 3.66. The minimum Gasteiger partial charge on any atom is -0.375 e. The number of hydrogen-bond donors (Lipinski definition) is 2. The second-order valence-electron chi connectivity index (χ2n) is 4.18. The molecule has 2 rings (SSSR count). The SMILES string of the molecule is O=C(CNc1ccccc1Cl)N/N=C\c1ccc(Br)cc1. The van der Waals surface area contributed by atoms with Crippen molar-refractivity contribution >= 4 is 45.3 Å². The van der Waals surface area contributed by atoms with Crippen molar-refractivity contribution in [2.45, 2.75) is 0 Å². The molecule has 6 heteroatoms. The van der Waals surface area contributed by atoms with Crippen LogP contribution in [0.5, 0.6) is 0 Å². The molecule has 1 amide bonds. The first-order chi connectivity index (χ1) is 10.1. The normalized spacial score (nSPS) is 10.6. The van der Waals surface area contributed by atoms with Crippen LogP contribution in [0.3, 0.4) is 0 Å². The maximum absolute atomic E-state index is 11.6. The number of nitrogens with zero attached hydrogens (tertiary/aromatic N) is 1. The van der Waals surface area contributed by atoms with E-state index in [9.17, 15) is 4.79 Å². The highest BCUT2D eigenvalue weighted by Gasteiger charge is 2.01. The fourth-order valence-electron chi connectivity index (χ4n) is 1.55. The number of hydrogen-bond acceptors (Lipinski definition) is 3. The molecule has 0 saturated carbocycles. The molecule has 0 aromatic heterocycles. The summed E-state index contributed by atoms with van der Waals surface area (Å²) in [5.41, 5.74) is 4.06. The number of nitrogens with one attached hydrogen (secondary N) is 2. The van der Waals surface area contributed by atoms with E-state index < -0.39 is 0 Å². The van der Waals surface area contributed by atoms with Gasteiger partial charge in [0.1, 0.15) is 0 Å². The van der Waals surface area contributed by atoms with Crippen LogP contribution >= 0.6 is 27.5 Å². The van der Waals surface area contributed by atoms with Crippen molar-refractivity contribution in [2.75, 3.05) is 11.9 Å². The van der Waals surface area contributed by atoms with Crippen molar-refractivity contribution in [2.24, 2.45) is 5.10 Å². The van der Waals surface area contributed by atoms with Crippen molar-refractivity contribution in [3.63, 3.8) is 0 Å². The van der Waals surface area contributed by atoms with Crippen molar-refractivity contribution < 1.29 is 4.79 Å². The van der Waals surface area contributed by atoms with Gasteiger partial charge in [0.15, 0.2) is 0 Å². The summed E-state index contributed by atoms with van der Waals surface area (Å²) in [7, 11) is 0. The molecule has 4 nitrogen and oxygen atoms in total. The molecule has 0 atom stereocenters. The topological polar surface area (TPSA) is 53.5 Å². The van der Waals surface area contributed by atoms with E-state index in [1.165, 1.54) is 0 Å². The number of carbonyl (C=O) groups excluding carboxylic acids is 1. The highest BCUT2D eigenvalue weighted by Crippen LogP contribution is 2.19. The molecule has 0 saturated heterocycles. The molecule has 0 radical (unpaired) electrons. The number of hydrazone groups is 1. The smallest absolute Gasteiger partial charge is 0.259 e. The van der Waals surface area contributed by atoms with Gasteiger partial charge in [-0.1, -0.05) is 51.8 Å². The third-order valence-electron chi connectivity index (χ3n) is 2.59. The van der Waals surface area contributed by atoms with Crippen LogP contribution in [0.1, 0.15) is 5.56 Å².